The molecule has 0 saturated carbocycles. The van der Waals surface area contributed by atoms with Crippen molar-refractivity contribution < 1.29 is 5.11 Å². The molecule has 0 aliphatic carbocycles. The fourth-order valence-electron chi connectivity index (χ4n) is 2.15. The summed E-state index contributed by atoms with van der Waals surface area (Å²) in [4.78, 5) is 5.96. The number of hydrogen-bond donors (Lipinski definition) is 2. The molecule has 1 aromatic heterocycles. The van der Waals surface area contributed by atoms with Gasteiger partial charge in [-0.25, -0.2) is 4.98 Å². The largest absolute Gasteiger partial charge is 0.508 e. The van der Waals surface area contributed by atoms with Crippen molar-refractivity contribution >= 4 is 17.0 Å². The highest BCUT2D eigenvalue weighted by Crippen LogP contribution is 2.34. The summed E-state index contributed by atoms with van der Waals surface area (Å²) in [7, 11) is 0. The Labute approximate surface area is 131 Å². The van der Waals surface area contributed by atoms with Gasteiger partial charge in [-0.3, -0.25) is 0 Å². The molecular formula is C17H24N2OS. The standard InChI is InChI=1S/C17H24N2OS/c1-10-7-8-13(9-14(10)20)18-11(2)15-12(3)19-16(21-15)17(4,5)6/h7-9,11,18,20H,1-6H3. The summed E-state index contributed by atoms with van der Waals surface area (Å²) in [5.74, 6) is 0.323. The molecule has 0 spiro atoms. The lowest BCUT2D eigenvalue weighted by molar-refractivity contribution is 0.471. The normalized spacial score (nSPS) is 13.2. The maximum absolute atomic E-state index is 9.80. The van der Waals surface area contributed by atoms with Gasteiger partial charge in [-0.2, -0.15) is 0 Å². The van der Waals surface area contributed by atoms with Crippen LogP contribution in [-0.2, 0) is 5.41 Å². The minimum absolute atomic E-state index is 0.0789. The number of phenols is 1. The van der Waals surface area contributed by atoms with Crippen LogP contribution in [-0.4, -0.2) is 10.1 Å². The third-order valence-electron chi connectivity index (χ3n) is 3.46. The van der Waals surface area contributed by atoms with Crippen LogP contribution in [0.15, 0.2) is 18.2 Å². The Morgan fingerprint density at radius 3 is 2.43 bits per heavy atom. The monoisotopic (exact) mass is 304 g/mol. The Kier molecular flexibility index (Phi) is 4.28. The molecule has 1 atom stereocenters. The highest BCUT2D eigenvalue weighted by molar-refractivity contribution is 7.12. The van der Waals surface area contributed by atoms with E-state index in [4.69, 9.17) is 4.98 Å². The molecule has 21 heavy (non-hydrogen) atoms. The third-order valence-corrected chi connectivity index (χ3v) is 5.23. The first-order valence-electron chi connectivity index (χ1n) is 7.22. The van der Waals surface area contributed by atoms with E-state index in [9.17, 15) is 5.11 Å². The number of nitrogens with zero attached hydrogens (tertiary/aromatic N) is 1. The lowest BCUT2D eigenvalue weighted by atomic mass is 9.98. The van der Waals surface area contributed by atoms with Gasteiger partial charge in [0.1, 0.15) is 5.75 Å². The van der Waals surface area contributed by atoms with Crippen molar-refractivity contribution in [3.8, 4) is 5.75 Å². The number of rotatable bonds is 3. The number of hydrogen-bond acceptors (Lipinski definition) is 4. The van der Waals surface area contributed by atoms with Gasteiger partial charge >= 0.3 is 0 Å². The van der Waals surface area contributed by atoms with Crippen molar-refractivity contribution in [2.24, 2.45) is 0 Å². The Bertz CT molecular complexity index is 641. The van der Waals surface area contributed by atoms with Crippen molar-refractivity contribution in [2.45, 2.75) is 53.0 Å². The first-order chi connectivity index (χ1) is 9.68. The van der Waals surface area contributed by atoms with Crippen molar-refractivity contribution in [3.05, 3.63) is 39.3 Å². The fourth-order valence-corrected chi connectivity index (χ4v) is 3.27. The summed E-state index contributed by atoms with van der Waals surface area (Å²) in [6.07, 6.45) is 0. The van der Waals surface area contributed by atoms with Crippen LogP contribution in [0.2, 0.25) is 0 Å². The second kappa shape index (κ2) is 5.68. The maximum Gasteiger partial charge on any atom is 0.120 e. The first-order valence-corrected chi connectivity index (χ1v) is 8.04. The van der Waals surface area contributed by atoms with E-state index in [1.54, 1.807) is 17.4 Å². The molecule has 2 N–H and O–H groups in total. The molecule has 1 aromatic carbocycles. The Morgan fingerprint density at radius 1 is 1.24 bits per heavy atom. The van der Waals surface area contributed by atoms with E-state index in [0.717, 1.165) is 22.0 Å². The van der Waals surface area contributed by atoms with Crippen LogP contribution >= 0.6 is 11.3 Å². The van der Waals surface area contributed by atoms with E-state index in [1.807, 2.05) is 19.1 Å². The first kappa shape index (κ1) is 15.8. The third kappa shape index (κ3) is 3.56. The zero-order valence-corrected chi connectivity index (χ0v) is 14.4. The second-order valence-electron chi connectivity index (χ2n) is 6.59. The highest BCUT2D eigenvalue weighted by atomic mass is 32.1. The molecule has 0 radical (unpaired) electrons. The van der Waals surface area contributed by atoms with Crippen molar-refractivity contribution in [3.63, 3.8) is 0 Å². The smallest absolute Gasteiger partial charge is 0.120 e. The van der Waals surface area contributed by atoms with Crippen LogP contribution in [0.1, 0.15) is 54.9 Å². The van der Waals surface area contributed by atoms with Gasteiger partial charge in [0.25, 0.3) is 0 Å². The number of aryl methyl sites for hydroxylation is 2. The average Bonchev–Trinajstić information content (AvgIpc) is 2.76. The summed E-state index contributed by atoms with van der Waals surface area (Å²) in [5.41, 5.74) is 2.98. The average molecular weight is 304 g/mol. The number of benzene rings is 1. The molecule has 0 aliphatic rings. The molecule has 4 heteroatoms. The number of nitrogens with one attached hydrogen (secondary N) is 1. The predicted octanol–water partition coefficient (Wildman–Crippen LogP) is 4.94. The van der Waals surface area contributed by atoms with Gasteiger partial charge in [-0.15, -0.1) is 11.3 Å². The second-order valence-corrected chi connectivity index (χ2v) is 7.62. The lowest BCUT2D eigenvalue weighted by Crippen LogP contribution is -2.10. The number of phenolic OH excluding ortho intramolecular Hbond substituents is 1. The van der Waals surface area contributed by atoms with E-state index >= 15 is 0 Å². The Hall–Kier alpha value is -1.55. The quantitative estimate of drug-likeness (QED) is 0.844. The molecular weight excluding hydrogens is 280 g/mol. The lowest BCUT2D eigenvalue weighted by Gasteiger charge is -2.16. The van der Waals surface area contributed by atoms with Crippen molar-refractivity contribution in [1.29, 1.82) is 0 Å². The van der Waals surface area contributed by atoms with E-state index in [-0.39, 0.29) is 11.5 Å². The molecule has 1 unspecified atom stereocenters. The maximum atomic E-state index is 9.80. The van der Waals surface area contributed by atoms with Gasteiger partial charge in [-0.05, 0) is 32.4 Å². The summed E-state index contributed by atoms with van der Waals surface area (Å²) < 4.78 is 0. The molecule has 3 nitrogen and oxygen atoms in total. The van der Waals surface area contributed by atoms with Gasteiger partial charge in [-0.1, -0.05) is 26.8 Å². The van der Waals surface area contributed by atoms with Crippen LogP contribution in [0.5, 0.6) is 5.75 Å². The number of anilines is 1. The highest BCUT2D eigenvalue weighted by Gasteiger charge is 2.22. The molecule has 0 saturated heterocycles. The van der Waals surface area contributed by atoms with E-state index in [2.05, 4.69) is 39.9 Å². The predicted molar refractivity (Wildman–Crippen MR) is 90.4 cm³/mol. The van der Waals surface area contributed by atoms with Crippen LogP contribution in [0.4, 0.5) is 5.69 Å². The van der Waals surface area contributed by atoms with Crippen LogP contribution in [0, 0.1) is 13.8 Å². The molecule has 0 amide bonds. The summed E-state index contributed by atoms with van der Waals surface area (Å²) in [6, 6.07) is 5.85. The minimum Gasteiger partial charge on any atom is -0.508 e. The zero-order chi connectivity index (χ0) is 15.8. The Balaban J connectivity index is 2.22. The molecule has 0 fully saturated rings. The zero-order valence-electron chi connectivity index (χ0n) is 13.6. The van der Waals surface area contributed by atoms with E-state index < -0.39 is 0 Å². The van der Waals surface area contributed by atoms with Gasteiger partial charge < -0.3 is 10.4 Å². The summed E-state index contributed by atoms with van der Waals surface area (Å²) >= 11 is 1.77. The molecule has 114 valence electrons. The minimum atomic E-state index is 0.0789. The van der Waals surface area contributed by atoms with Crippen molar-refractivity contribution in [2.75, 3.05) is 5.32 Å². The molecule has 2 rings (SSSR count). The van der Waals surface area contributed by atoms with Crippen molar-refractivity contribution in [1.82, 2.24) is 4.98 Å². The molecule has 1 heterocycles. The number of thiazole rings is 1. The molecule has 0 bridgehead atoms. The van der Waals surface area contributed by atoms with Crippen LogP contribution < -0.4 is 5.32 Å². The van der Waals surface area contributed by atoms with E-state index in [0.29, 0.717) is 5.75 Å². The fraction of sp³-hybridized carbons (Fsp3) is 0.471. The summed E-state index contributed by atoms with van der Waals surface area (Å²) in [5, 5.41) is 14.4. The number of aromatic nitrogens is 1. The van der Waals surface area contributed by atoms with Gasteiger partial charge in [0.05, 0.1) is 16.7 Å². The Morgan fingerprint density at radius 2 is 1.90 bits per heavy atom. The topological polar surface area (TPSA) is 45.2 Å². The van der Waals surface area contributed by atoms with Gasteiger partial charge in [0.15, 0.2) is 0 Å². The van der Waals surface area contributed by atoms with Crippen LogP contribution in [0.25, 0.3) is 0 Å². The number of aromatic hydroxyl groups is 1. The summed E-state index contributed by atoms with van der Waals surface area (Å²) in [6.45, 7) is 12.6. The molecule has 2 aromatic rings. The van der Waals surface area contributed by atoms with Gasteiger partial charge in [0.2, 0.25) is 0 Å². The SMILES string of the molecule is Cc1ccc(NC(C)c2sc(C(C)(C)C)nc2C)cc1O. The molecule has 0 aliphatic heterocycles. The van der Waals surface area contributed by atoms with Gasteiger partial charge in [0, 0.05) is 22.0 Å². The van der Waals surface area contributed by atoms with E-state index in [1.165, 1.54) is 4.88 Å². The van der Waals surface area contributed by atoms with Crippen LogP contribution in [0.3, 0.4) is 0 Å².